The van der Waals surface area contributed by atoms with E-state index in [9.17, 15) is 0 Å². The molecule has 0 aromatic heterocycles. The number of nitrogens with one attached hydrogen (secondary N) is 1. The first kappa shape index (κ1) is 13.6. The van der Waals surface area contributed by atoms with Crippen molar-refractivity contribution in [1.82, 2.24) is 10.2 Å². The van der Waals surface area contributed by atoms with E-state index >= 15 is 0 Å². The molecule has 1 atom stereocenters. The highest BCUT2D eigenvalue weighted by molar-refractivity contribution is 5.14. The van der Waals surface area contributed by atoms with E-state index in [1.165, 1.54) is 44.5 Å². The summed E-state index contributed by atoms with van der Waals surface area (Å²) in [4.78, 5) is 2.62. The molecule has 0 spiro atoms. The van der Waals surface area contributed by atoms with Gasteiger partial charge in [0.2, 0.25) is 0 Å². The quantitative estimate of drug-likeness (QED) is 0.776. The molecular weight excluding hydrogens is 220 g/mol. The Morgan fingerprint density at radius 3 is 2.89 bits per heavy atom. The van der Waals surface area contributed by atoms with Crippen LogP contribution in [0.1, 0.15) is 31.7 Å². The molecule has 0 amide bonds. The Balaban J connectivity index is 1.76. The molecule has 1 aromatic rings. The van der Waals surface area contributed by atoms with Crippen LogP contribution in [0.5, 0.6) is 0 Å². The van der Waals surface area contributed by atoms with Gasteiger partial charge in [0.1, 0.15) is 0 Å². The third-order valence-corrected chi connectivity index (χ3v) is 3.83. The fourth-order valence-electron chi connectivity index (χ4n) is 2.86. The predicted octanol–water partition coefficient (Wildman–Crippen LogP) is 2.90. The topological polar surface area (TPSA) is 15.3 Å². The van der Waals surface area contributed by atoms with Gasteiger partial charge >= 0.3 is 0 Å². The van der Waals surface area contributed by atoms with Crippen LogP contribution in [0.3, 0.4) is 0 Å². The van der Waals surface area contributed by atoms with Gasteiger partial charge in [-0.05, 0) is 50.4 Å². The highest BCUT2D eigenvalue weighted by Gasteiger charge is 2.19. The van der Waals surface area contributed by atoms with Gasteiger partial charge in [0.25, 0.3) is 0 Å². The van der Waals surface area contributed by atoms with E-state index < -0.39 is 0 Å². The zero-order valence-corrected chi connectivity index (χ0v) is 11.6. The number of hydrogen-bond acceptors (Lipinski definition) is 2. The van der Waals surface area contributed by atoms with Gasteiger partial charge in [-0.25, -0.2) is 0 Å². The van der Waals surface area contributed by atoms with E-state index in [-0.39, 0.29) is 0 Å². The first-order valence-corrected chi connectivity index (χ1v) is 7.35. The van der Waals surface area contributed by atoms with E-state index in [2.05, 4.69) is 47.5 Å². The SMILES string of the molecule is CCNCC[C@H]1CCCN(Cc2ccccc2)C1. The largest absolute Gasteiger partial charge is 0.317 e. The minimum atomic E-state index is 0.890. The molecule has 0 radical (unpaired) electrons. The highest BCUT2D eigenvalue weighted by atomic mass is 15.1. The lowest BCUT2D eigenvalue weighted by molar-refractivity contribution is 0.161. The second kappa shape index (κ2) is 7.55. The lowest BCUT2D eigenvalue weighted by Gasteiger charge is -2.32. The zero-order valence-electron chi connectivity index (χ0n) is 11.6. The Morgan fingerprint density at radius 1 is 1.28 bits per heavy atom. The maximum Gasteiger partial charge on any atom is 0.0233 e. The molecule has 100 valence electrons. The average Bonchev–Trinajstić information content (AvgIpc) is 2.41. The van der Waals surface area contributed by atoms with E-state index in [4.69, 9.17) is 0 Å². The number of hydrogen-bond donors (Lipinski definition) is 1. The van der Waals surface area contributed by atoms with Gasteiger partial charge < -0.3 is 5.32 Å². The average molecular weight is 246 g/mol. The first-order valence-electron chi connectivity index (χ1n) is 7.35. The molecule has 2 heteroatoms. The van der Waals surface area contributed by atoms with Crippen LogP contribution in [-0.4, -0.2) is 31.1 Å². The molecule has 1 saturated heterocycles. The molecular formula is C16H26N2. The van der Waals surface area contributed by atoms with Crippen LogP contribution in [0.4, 0.5) is 0 Å². The molecule has 2 nitrogen and oxygen atoms in total. The van der Waals surface area contributed by atoms with Crippen molar-refractivity contribution in [2.24, 2.45) is 5.92 Å². The molecule has 0 unspecified atom stereocenters. The van der Waals surface area contributed by atoms with Crippen molar-refractivity contribution >= 4 is 0 Å². The summed E-state index contributed by atoms with van der Waals surface area (Å²) < 4.78 is 0. The number of benzene rings is 1. The summed E-state index contributed by atoms with van der Waals surface area (Å²) in [5.74, 6) is 0.890. The smallest absolute Gasteiger partial charge is 0.0233 e. The van der Waals surface area contributed by atoms with E-state index in [1.54, 1.807) is 0 Å². The standard InChI is InChI=1S/C16H26N2/c1-2-17-11-10-16-9-6-12-18(14-16)13-15-7-4-3-5-8-15/h3-5,7-8,16-17H,2,6,9-14H2,1H3/t16-/m1/s1. The van der Waals surface area contributed by atoms with Crippen LogP contribution in [0.15, 0.2) is 30.3 Å². The van der Waals surface area contributed by atoms with Crippen molar-refractivity contribution in [1.29, 1.82) is 0 Å². The minimum Gasteiger partial charge on any atom is -0.317 e. The normalized spacial score (nSPS) is 21.1. The lowest BCUT2D eigenvalue weighted by Crippen LogP contribution is -2.36. The van der Waals surface area contributed by atoms with Gasteiger partial charge in [0.15, 0.2) is 0 Å². The summed E-state index contributed by atoms with van der Waals surface area (Å²) in [6, 6.07) is 10.9. The Labute approximate surface area is 111 Å². The highest BCUT2D eigenvalue weighted by Crippen LogP contribution is 2.20. The van der Waals surface area contributed by atoms with E-state index in [0.717, 1.165) is 19.0 Å². The molecule has 1 fully saturated rings. The van der Waals surface area contributed by atoms with Gasteiger partial charge in [0.05, 0.1) is 0 Å². The van der Waals surface area contributed by atoms with E-state index in [1.807, 2.05) is 0 Å². The number of nitrogens with zero attached hydrogens (tertiary/aromatic N) is 1. The van der Waals surface area contributed by atoms with Crippen molar-refractivity contribution in [2.45, 2.75) is 32.7 Å². The number of piperidine rings is 1. The molecule has 1 heterocycles. The molecule has 1 N–H and O–H groups in total. The first-order chi connectivity index (χ1) is 8.88. The molecule has 2 rings (SSSR count). The van der Waals surface area contributed by atoms with E-state index in [0.29, 0.717) is 0 Å². The second-order valence-corrected chi connectivity index (χ2v) is 5.37. The fourth-order valence-corrected chi connectivity index (χ4v) is 2.86. The summed E-state index contributed by atoms with van der Waals surface area (Å²) >= 11 is 0. The van der Waals surface area contributed by atoms with Crippen LogP contribution < -0.4 is 5.32 Å². The van der Waals surface area contributed by atoms with Crippen LogP contribution in [0.25, 0.3) is 0 Å². The Hall–Kier alpha value is -0.860. The maximum atomic E-state index is 3.44. The van der Waals surface area contributed by atoms with Crippen LogP contribution in [0.2, 0.25) is 0 Å². The van der Waals surface area contributed by atoms with Crippen molar-refractivity contribution < 1.29 is 0 Å². The van der Waals surface area contributed by atoms with Gasteiger partial charge in [0, 0.05) is 13.1 Å². The van der Waals surface area contributed by atoms with Crippen molar-refractivity contribution in [3.8, 4) is 0 Å². The van der Waals surface area contributed by atoms with Crippen LogP contribution in [0, 0.1) is 5.92 Å². The van der Waals surface area contributed by atoms with Gasteiger partial charge in [-0.15, -0.1) is 0 Å². The van der Waals surface area contributed by atoms with Gasteiger partial charge in [-0.2, -0.15) is 0 Å². The summed E-state index contributed by atoms with van der Waals surface area (Å²) in [5.41, 5.74) is 1.45. The maximum absolute atomic E-state index is 3.44. The third-order valence-electron chi connectivity index (χ3n) is 3.83. The molecule has 1 aromatic carbocycles. The number of rotatable bonds is 6. The molecule has 1 aliphatic rings. The Bertz CT molecular complexity index is 323. The lowest BCUT2D eigenvalue weighted by atomic mass is 9.94. The van der Waals surface area contributed by atoms with Crippen LogP contribution in [-0.2, 0) is 6.54 Å². The van der Waals surface area contributed by atoms with Crippen LogP contribution >= 0.6 is 0 Å². The van der Waals surface area contributed by atoms with Crippen molar-refractivity contribution in [3.05, 3.63) is 35.9 Å². The molecule has 18 heavy (non-hydrogen) atoms. The van der Waals surface area contributed by atoms with Gasteiger partial charge in [-0.1, -0.05) is 37.3 Å². The Kier molecular flexibility index (Phi) is 5.69. The summed E-state index contributed by atoms with van der Waals surface area (Å²) in [7, 11) is 0. The molecule has 0 bridgehead atoms. The molecule has 0 saturated carbocycles. The predicted molar refractivity (Wildman–Crippen MR) is 77.6 cm³/mol. The Morgan fingerprint density at radius 2 is 2.11 bits per heavy atom. The minimum absolute atomic E-state index is 0.890. The fraction of sp³-hybridized carbons (Fsp3) is 0.625. The monoisotopic (exact) mass is 246 g/mol. The van der Waals surface area contributed by atoms with Crippen molar-refractivity contribution in [2.75, 3.05) is 26.2 Å². The zero-order chi connectivity index (χ0) is 12.6. The molecule has 0 aliphatic carbocycles. The summed E-state index contributed by atoms with van der Waals surface area (Å²) in [6.07, 6.45) is 4.11. The summed E-state index contributed by atoms with van der Waals surface area (Å²) in [5, 5.41) is 3.44. The molecule has 1 aliphatic heterocycles. The van der Waals surface area contributed by atoms with Crippen molar-refractivity contribution in [3.63, 3.8) is 0 Å². The number of likely N-dealkylation sites (tertiary alicyclic amines) is 1. The van der Waals surface area contributed by atoms with Gasteiger partial charge in [-0.3, -0.25) is 4.90 Å². The summed E-state index contributed by atoms with van der Waals surface area (Å²) in [6.45, 7) is 8.13. The second-order valence-electron chi connectivity index (χ2n) is 5.37. The third kappa shape index (κ3) is 4.43.